The van der Waals surface area contributed by atoms with Gasteiger partial charge in [-0.2, -0.15) is 0 Å². The van der Waals surface area contributed by atoms with E-state index < -0.39 is 10.0 Å². The Morgan fingerprint density at radius 3 is 2.08 bits per heavy atom. The van der Waals surface area contributed by atoms with Crippen molar-refractivity contribution >= 4 is 32.5 Å². The standard InChI is InChI=1S/C31H44N2O4S/c1-5-8-13-29-30(27-23-26(32-38(4,35)36)18-19-28(27)37-29)31(34)25-16-14-24(15-17-25)12-11-22-33(20-9-6-2)21-10-7-3/h14-19,23,32H,5-13,20-22H2,1-4H3. The molecule has 2 aromatic carbocycles. The molecule has 0 saturated carbocycles. The van der Waals surface area contributed by atoms with E-state index in [0.717, 1.165) is 38.5 Å². The third-order valence-electron chi connectivity index (χ3n) is 6.86. The molecule has 38 heavy (non-hydrogen) atoms. The third kappa shape index (κ3) is 8.70. The fraction of sp³-hybridized carbons (Fsp3) is 0.516. The molecule has 0 aliphatic heterocycles. The summed E-state index contributed by atoms with van der Waals surface area (Å²) < 4.78 is 32.1. The van der Waals surface area contributed by atoms with Crippen LogP contribution >= 0.6 is 0 Å². The summed E-state index contributed by atoms with van der Waals surface area (Å²) in [5.41, 5.74) is 3.38. The molecule has 0 amide bonds. The predicted octanol–water partition coefficient (Wildman–Crippen LogP) is 7.21. The molecular weight excluding hydrogens is 496 g/mol. The molecule has 0 spiro atoms. The van der Waals surface area contributed by atoms with Crippen molar-refractivity contribution < 1.29 is 17.6 Å². The molecule has 0 unspecified atom stereocenters. The number of furan rings is 1. The van der Waals surface area contributed by atoms with Crippen LogP contribution < -0.4 is 4.72 Å². The normalized spacial score (nSPS) is 11.9. The topological polar surface area (TPSA) is 79.6 Å². The first-order valence-electron chi connectivity index (χ1n) is 14.1. The molecule has 0 atom stereocenters. The number of unbranched alkanes of at least 4 members (excludes halogenated alkanes) is 3. The van der Waals surface area contributed by atoms with E-state index in [-0.39, 0.29) is 5.78 Å². The summed E-state index contributed by atoms with van der Waals surface area (Å²) in [6.07, 6.45) is 10.7. The van der Waals surface area contributed by atoms with Crippen LogP contribution in [0.1, 0.15) is 93.0 Å². The molecule has 7 heteroatoms. The Morgan fingerprint density at radius 1 is 0.842 bits per heavy atom. The van der Waals surface area contributed by atoms with E-state index in [4.69, 9.17) is 4.42 Å². The average Bonchev–Trinajstić information content (AvgIpc) is 3.25. The molecule has 1 aromatic heterocycles. The lowest BCUT2D eigenvalue weighted by Gasteiger charge is -2.21. The van der Waals surface area contributed by atoms with E-state index >= 15 is 0 Å². The van der Waals surface area contributed by atoms with E-state index in [1.165, 1.54) is 44.3 Å². The molecule has 6 nitrogen and oxygen atoms in total. The van der Waals surface area contributed by atoms with Crippen LogP contribution in [0.2, 0.25) is 0 Å². The summed E-state index contributed by atoms with van der Waals surface area (Å²) in [7, 11) is -3.43. The number of fused-ring (bicyclic) bond motifs is 1. The van der Waals surface area contributed by atoms with Gasteiger partial charge in [0.1, 0.15) is 11.3 Å². The lowest BCUT2D eigenvalue weighted by molar-refractivity contribution is 0.103. The van der Waals surface area contributed by atoms with Crippen LogP contribution in [-0.2, 0) is 22.9 Å². The van der Waals surface area contributed by atoms with E-state index in [9.17, 15) is 13.2 Å². The van der Waals surface area contributed by atoms with Crippen molar-refractivity contribution in [1.29, 1.82) is 0 Å². The molecular formula is C31H44N2O4S. The molecule has 3 rings (SSSR count). The number of benzene rings is 2. The average molecular weight is 541 g/mol. The van der Waals surface area contributed by atoms with Crippen LogP contribution in [0.4, 0.5) is 5.69 Å². The largest absolute Gasteiger partial charge is 0.460 e. The monoisotopic (exact) mass is 540 g/mol. The number of hydrogen-bond acceptors (Lipinski definition) is 5. The van der Waals surface area contributed by atoms with E-state index in [1.807, 2.05) is 12.1 Å². The minimum absolute atomic E-state index is 0.0942. The summed E-state index contributed by atoms with van der Waals surface area (Å²) in [5, 5.41) is 0.637. The van der Waals surface area contributed by atoms with Gasteiger partial charge in [0.15, 0.2) is 5.78 Å². The van der Waals surface area contributed by atoms with Crippen molar-refractivity contribution in [3.05, 3.63) is 64.9 Å². The third-order valence-corrected chi connectivity index (χ3v) is 7.47. The van der Waals surface area contributed by atoms with Crippen LogP contribution in [0.5, 0.6) is 0 Å². The second-order valence-electron chi connectivity index (χ2n) is 10.3. The van der Waals surface area contributed by atoms with Gasteiger partial charge in [-0.1, -0.05) is 64.3 Å². The highest BCUT2D eigenvalue weighted by Gasteiger charge is 2.22. The van der Waals surface area contributed by atoms with Gasteiger partial charge in [-0.05, 0) is 75.5 Å². The Kier molecular flexibility index (Phi) is 11.4. The van der Waals surface area contributed by atoms with Crippen LogP contribution in [0.15, 0.2) is 46.9 Å². The Labute approximate surface area is 228 Å². The molecule has 0 bridgehead atoms. The van der Waals surface area contributed by atoms with E-state index in [0.29, 0.717) is 40.0 Å². The van der Waals surface area contributed by atoms with Crippen molar-refractivity contribution in [2.45, 2.75) is 78.6 Å². The second kappa shape index (κ2) is 14.5. The Bertz CT molecular complexity index is 1270. The maximum absolute atomic E-state index is 13.7. The minimum atomic E-state index is -3.43. The van der Waals surface area contributed by atoms with Gasteiger partial charge in [-0.3, -0.25) is 9.52 Å². The molecule has 0 aliphatic rings. The molecule has 0 aliphatic carbocycles. The van der Waals surface area contributed by atoms with Crippen LogP contribution in [-0.4, -0.2) is 45.0 Å². The first-order chi connectivity index (χ1) is 18.3. The fourth-order valence-electron chi connectivity index (χ4n) is 4.76. The summed E-state index contributed by atoms with van der Waals surface area (Å²) in [6, 6.07) is 13.0. The Balaban J connectivity index is 1.77. The summed E-state index contributed by atoms with van der Waals surface area (Å²) in [6.45, 7) is 10.0. The van der Waals surface area contributed by atoms with Crippen molar-refractivity contribution in [2.75, 3.05) is 30.6 Å². The highest BCUT2D eigenvalue weighted by atomic mass is 32.2. The molecule has 1 heterocycles. The first-order valence-corrected chi connectivity index (χ1v) is 16.0. The number of nitrogens with one attached hydrogen (secondary N) is 1. The van der Waals surface area contributed by atoms with Gasteiger partial charge >= 0.3 is 0 Å². The zero-order valence-corrected chi connectivity index (χ0v) is 24.3. The van der Waals surface area contributed by atoms with Crippen molar-refractivity contribution in [3.63, 3.8) is 0 Å². The molecule has 0 radical (unpaired) electrons. The lowest BCUT2D eigenvalue weighted by Crippen LogP contribution is -2.27. The van der Waals surface area contributed by atoms with E-state index in [1.54, 1.807) is 18.2 Å². The van der Waals surface area contributed by atoms with Crippen molar-refractivity contribution in [2.24, 2.45) is 0 Å². The highest BCUT2D eigenvalue weighted by Crippen LogP contribution is 2.32. The fourth-order valence-corrected chi connectivity index (χ4v) is 5.32. The van der Waals surface area contributed by atoms with Crippen molar-refractivity contribution in [3.8, 4) is 0 Å². The summed E-state index contributed by atoms with van der Waals surface area (Å²) in [5.74, 6) is 0.565. The molecule has 1 N–H and O–H groups in total. The lowest BCUT2D eigenvalue weighted by atomic mass is 9.97. The molecule has 0 saturated heterocycles. The summed E-state index contributed by atoms with van der Waals surface area (Å²) >= 11 is 0. The maximum atomic E-state index is 13.7. The zero-order valence-electron chi connectivity index (χ0n) is 23.5. The first kappa shape index (κ1) is 29.9. The number of ketones is 1. The number of anilines is 1. The van der Waals surface area contributed by atoms with Gasteiger partial charge in [0.25, 0.3) is 0 Å². The van der Waals surface area contributed by atoms with Crippen LogP contribution in [0.3, 0.4) is 0 Å². The quantitative estimate of drug-likeness (QED) is 0.183. The van der Waals surface area contributed by atoms with Crippen LogP contribution in [0.25, 0.3) is 11.0 Å². The number of rotatable bonds is 17. The smallest absolute Gasteiger partial charge is 0.229 e. The van der Waals surface area contributed by atoms with Gasteiger partial charge in [0.2, 0.25) is 10.0 Å². The SMILES string of the molecule is CCCCc1oc2ccc(NS(C)(=O)=O)cc2c1C(=O)c1ccc(CCCN(CCCC)CCCC)cc1. The predicted molar refractivity (Wildman–Crippen MR) is 158 cm³/mol. The van der Waals surface area contributed by atoms with Gasteiger partial charge in [0, 0.05) is 23.1 Å². The van der Waals surface area contributed by atoms with Gasteiger partial charge in [-0.25, -0.2) is 8.42 Å². The minimum Gasteiger partial charge on any atom is -0.460 e. The Hall–Kier alpha value is -2.64. The molecule has 3 aromatic rings. The number of aryl methyl sites for hydroxylation is 2. The van der Waals surface area contributed by atoms with Gasteiger partial charge < -0.3 is 9.32 Å². The van der Waals surface area contributed by atoms with Crippen LogP contribution in [0, 0.1) is 0 Å². The van der Waals surface area contributed by atoms with Gasteiger partial charge in [0.05, 0.1) is 11.8 Å². The van der Waals surface area contributed by atoms with E-state index in [2.05, 4.69) is 42.5 Å². The highest BCUT2D eigenvalue weighted by molar-refractivity contribution is 7.92. The number of sulfonamides is 1. The molecule has 0 fully saturated rings. The number of carbonyl (C=O) groups excluding carboxylic acids is 1. The van der Waals surface area contributed by atoms with Crippen molar-refractivity contribution in [1.82, 2.24) is 4.90 Å². The number of hydrogen-bond donors (Lipinski definition) is 1. The number of nitrogens with zero attached hydrogens (tertiary/aromatic N) is 1. The maximum Gasteiger partial charge on any atom is 0.229 e. The Morgan fingerprint density at radius 2 is 1.47 bits per heavy atom. The summed E-state index contributed by atoms with van der Waals surface area (Å²) in [4.78, 5) is 16.3. The zero-order chi connectivity index (χ0) is 27.5. The molecule has 208 valence electrons. The number of carbonyl (C=O) groups is 1. The second-order valence-corrected chi connectivity index (χ2v) is 12.0. The van der Waals surface area contributed by atoms with Gasteiger partial charge in [-0.15, -0.1) is 0 Å².